The Balaban J connectivity index is 1.79. The molecule has 2 aromatic carbocycles. The Morgan fingerprint density at radius 3 is 2.41 bits per heavy atom. The maximum absolute atomic E-state index is 14.1. The normalized spacial score (nSPS) is 18.8. The summed E-state index contributed by atoms with van der Waals surface area (Å²) in [6.45, 7) is 2.70. The van der Waals surface area contributed by atoms with Gasteiger partial charge in [-0.2, -0.15) is 0 Å². The third-order valence-electron chi connectivity index (χ3n) is 7.08. The number of aromatic nitrogens is 1. The van der Waals surface area contributed by atoms with Crippen LogP contribution in [0.1, 0.15) is 52.2 Å². The smallest absolute Gasteiger partial charge is 0.276 e. The predicted molar refractivity (Wildman–Crippen MR) is 144 cm³/mol. The van der Waals surface area contributed by atoms with Crippen molar-refractivity contribution in [3.63, 3.8) is 0 Å². The zero-order valence-corrected chi connectivity index (χ0v) is 22.6. The van der Waals surface area contributed by atoms with Gasteiger partial charge in [0, 0.05) is 55.5 Å². The molecule has 2 N–H and O–H groups in total. The van der Waals surface area contributed by atoms with Gasteiger partial charge in [0.2, 0.25) is 5.43 Å². The van der Waals surface area contributed by atoms with Gasteiger partial charge in [-0.1, -0.05) is 30.3 Å². The molecule has 0 bridgehead atoms. The lowest BCUT2D eigenvalue weighted by Gasteiger charge is -2.29. The van der Waals surface area contributed by atoms with Gasteiger partial charge in [-0.15, -0.1) is 0 Å². The average Bonchev–Trinajstić information content (AvgIpc) is 2.96. The maximum atomic E-state index is 14.1. The molecule has 0 saturated carbocycles. The van der Waals surface area contributed by atoms with E-state index in [1.165, 1.54) is 16.6 Å². The molecule has 0 radical (unpaired) electrons. The van der Waals surface area contributed by atoms with Gasteiger partial charge in [-0.25, -0.2) is 13.2 Å². The Bertz CT molecular complexity index is 1510. The second-order valence-electron chi connectivity index (χ2n) is 9.95. The number of rotatable bonds is 7. The average molecular weight is 571 g/mol. The molecule has 2 amide bonds. The zero-order chi connectivity index (χ0) is 29.8. The third-order valence-corrected chi connectivity index (χ3v) is 7.08. The molecule has 3 atom stereocenters. The number of carbonyl (C=O) groups excluding carboxylic acids is 3. The molecular formula is C29H29F3N4O5. The van der Waals surface area contributed by atoms with Crippen LogP contribution >= 0.6 is 0 Å². The van der Waals surface area contributed by atoms with Gasteiger partial charge in [0.05, 0.1) is 0 Å². The quantitative estimate of drug-likeness (QED) is 0.422. The number of hydrogen-bond donors (Lipinski definition) is 2. The van der Waals surface area contributed by atoms with E-state index in [2.05, 4.69) is 10.7 Å². The minimum Gasteiger partial charge on any atom is -0.482 e. The first-order valence-corrected chi connectivity index (χ1v) is 12.9. The summed E-state index contributed by atoms with van der Waals surface area (Å²) in [6.07, 6.45) is 2.21. The van der Waals surface area contributed by atoms with Crippen LogP contribution in [-0.4, -0.2) is 46.8 Å². The Hall–Kier alpha value is -4.61. The zero-order valence-electron chi connectivity index (χ0n) is 22.6. The number of nitrogens with zero attached hydrogens (tertiary/aromatic N) is 2. The van der Waals surface area contributed by atoms with Gasteiger partial charge >= 0.3 is 0 Å². The summed E-state index contributed by atoms with van der Waals surface area (Å²) >= 11 is 0. The molecule has 0 fully saturated rings. The van der Waals surface area contributed by atoms with E-state index in [-0.39, 0.29) is 12.3 Å². The van der Waals surface area contributed by atoms with Crippen LogP contribution in [0.5, 0.6) is 5.75 Å². The van der Waals surface area contributed by atoms with Crippen molar-refractivity contribution in [2.75, 3.05) is 12.5 Å². The van der Waals surface area contributed by atoms with E-state index in [1.54, 1.807) is 44.2 Å². The maximum Gasteiger partial charge on any atom is 0.276 e. The van der Waals surface area contributed by atoms with Crippen molar-refractivity contribution in [3.05, 3.63) is 98.7 Å². The molecule has 12 heteroatoms. The van der Waals surface area contributed by atoms with E-state index in [9.17, 15) is 32.3 Å². The fourth-order valence-electron chi connectivity index (χ4n) is 4.63. The summed E-state index contributed by atoms with van der Waals surface area (Å²) < 4.78 is 48.7. The number of amides is 2. The number of ether oxygens (including phenoxy) is 1. The molecule has 1 aliphatic rings. The van der Waals surface area contributed by atoms with Crippen molar-refractivity contribution in [2.45, 2.75) is 45.5 Å². The number of fused-ring (bicyclic) bond motifs is 1. The molecule has 1 aromatic heterocycles. The van der Waals surface area contributed by atoms with E-state index >= 15 is 0 Å². The highest BCUT2D eigenvalue weighted by Crippen LogP contribution is 2.25. The number of hydrogen-bond acceptors (Lipinski definition) is 6. The molecule has 0 saturated heterocycles. The molecule has 4 rings (SSSR count). The SMILES string of the molecule is C[C@@H]1CC(C=O)[C@H](C)N(C)C(=O)c2c(OCc3ccccc3)c(=O)c(C(=O)NCc3c(F)cc(F)cc3F)cn2N1. The second-order valence-corrected chi connectivity index (χ2v) is 9.95. The Kier molecular flexibility index (Phi) is 8.80. The van der Waals surface area contributed by atoms with Crippen molar-refractivity contribution >= 4 is 18.1 Å². The number of benzene rings is 2. The fourth-order valence-corrected chi connectivity index (χ4v) is 4.63. The molecule has 1 aliphatic heterocycles. The van der Waals surface area contributed by atoms with Crippen LogP contribution in [0.3, 0.4) is 0 Å². The Labute approximate surface area is 233 Å². The summed E-state index contributed by atoms with van der Waals surface area (Å²) in [5.41, 5.74) is 1.54. The molecular weight excluding hydrogens is 541 g/mol. The minimum absolute atomic E-state index is 0.112. The summed E-state index contributed by atoms with van der Waals surface area (Å²) in [6, 6.07) is 8.87. The van der Waals surface area contributed by atoms with E-state index in [4.69, 9.17) is 4.74 Å². The van der Waals surface area contributed by atoms with E-state index in [0.29, 0.717) is 24.1 Å². The first kappa shape index (κ1) is 29.4. The van der Waals surface area contributed by atoms with Crippen LogP contribution in [0.2, 0.25) is 0 Å². The molecule has 1 unspecified atom stereocenters. The van der Waals surface area contributed by atoms with Gasteiger partial charge in [0.15, 0.2) is 11.4 Å². The molecule has 9 nitrogen and oxygen atoms in total. The topological polar surface area (TPSA) is 110 Å². The number of nitrogens with one attached hydrogen (secondary N) is 2. The number of aldehydes is 1. The van der Waals surface area contributed by atoms with Crippen LogP contribution in [-0.2, 0) is 17.9 Å². The Morgan fingerprint density at radius 2 is 1.78 bits per heavy atom. The second kappa shape index (κ2) is 12.3. The summed E-state index contributed by atoms with van der Waals surface area (Å²) in [4.78, 5) is 53.7. The highest BCUT2D eigenvalue weighted by molar-refractivity contribution is 5.99. The largest absolute Gasteiger partial charge is 0.482 e. The molecule has 0 aliphatic carbocycles. The summed E-state index contributed by atoms with van der Waals surface area (Å²) in [7, 11) is 1.50. The van der Waals surface area contributed by atoms with Crippen LogP contribution in [0.15, 0.2) is 53.5 Å². The molecule has 41 heavy (non-hydrogen) atoms. The van der Waals surface area contributed by atoms with Gasteiger partial charge in [-0.3, -0.25) is 19.1 Å². The highest BCUT2D eigenvalue weighted by Gasteiger charge is 2.34. The monoisotopic (exact) mass is 570 g/mol. The van der Waals surface area contributed by atoms with Gasteiger partial charge in [0.1, 0.15) is 35.9 Å². The number of carbonyl (C=O) groups is 3. The van der Waals surface area contributed by atoms with Crippen molar-refractivity contribution in [1.29, 1.82) is 0 Å². The number of pyridine rings is 1. The molecule has 0 spiro atoms. The lowest BCUT2D eigenvalue weighted by Crippen LogP contribution is -2.42. The van der Waals surface area contributed by atoms with Crippen molar-refractivity contribution < 1.29 is 32.3 Å². The van der Waals surface area contributed by atoms with E-state index in [1.807, 2.05) is 0 Å². The standard InChI is InChI=1S/C29H29F3N4O5/c1-16-9-19(14-37)17(2)35(3)29(40)25-27(41-15-18-7-5-4-6-8-18)26(38)22(13-36(25)34-16)28(39)33-12-21-23(31)10-20(30)11-24(21)32/h4-8,10-11,13-14,16-17,19,34H,9,12,15H2,1-3H3,(H,33,39)/t16-,17+,19?/m1/s1. The molecule has 216 valence electrons. The first-order chi connectivity index (χ1) is 19.5. The van der Waals surface area contributed by atoms with Crippen molar-refractivity contribution in [2.24, 2.45) is 5.92 Å². The van der Waals surface area contributed by atoms with Crippen LogP contribution in [0.4, 0.5) is 13.2 Å². The first-order valence-electron chi connectivity index (χ1n) is 12.9. The molecule has 3 aromatic rings. The van der Waals surface area contributed by atoms with Gasteiger partial charge < -0.3 is 25.2 Å². The van der Waals surface area contributed by atoms with Gasteiger partial charge in [-0.05, 0) is 25.8 Å². The van der Waals surface area contributed by atoms with E-state index in [0.717, 1.165) is 12.5 Å². The van der Waals surface area contributed by atoms with Gasteiger partial charge in [0.25, 0.3) is 11.8 Å². The fraction of sp³-hybridized carbons (Fsp3) is 0.310. The summed E-state index contributed by atoms with van der Waals surface area (Å²) in [5.74, 6) is -6.11. The van der Waals surface area contributed by atoms with Crippen LogP contribution in [0, 0.1) is 23.4 Å². The summed E-state index contributed by atoms with van der Waals surface area (Å²) in [5, 5.41) is 2.28. The van der Waals surface area contributed by atoms with Crippen molar-refractivity contribution in [3.8, 4) is 5.75 Å². The lowest BCUT2D eigenvalue weighted by atomic mass is 9.94. The highest BCUT2D eigenvalue weighted by atomic mass is 19.1. The predicted octanol–water partition coefficient (Wildman–Crippen LogP) is 3.39. The minimum atomic E-state index is -1.20. The molecule has 2 heterocycles. The van der Waals surface area contributed by atoms with E-state index < -0.39 is 76.1 Å². The Morgan fingerprint density at radius 1 is 1.12 bits per heavy atom. The van der Waals surface area contributed by atoms with Crippen LogP contribution < -0.4 is 20.9 Å². The third kappa shape index (κ3) is 6.26. The number of halogens is 3. The lowest BCUT2D eigenvalue weighted by molar-refractivity contribution is -0.112. The van der Waals surface area contributed by atoms with Crippen LogP contribution in [0.25, 0.3) is 0 Å². The van der Waals surface area contributed by atoms with Crippen molar-refractivity contribution in [1.82, 2.24) is 14.9 Å².